The van der Waals surface area contributed by atoms with Crippen LogP contribution in [0.5, 0.6) is 0 Å². The number of anilines is 1. The third-order valence-electron chi connectivity index (χ3n) is 3.30. The Labute approximate surface area is 140 Å². The van der Waals surface area contributed by atoms with Gasteiger partial charge in [-0.05, 0) is 37.6 Å². The molecule has 1 N–H and O–H groups in total. The standard InChI is InChI=1S/C16H15F3N2O4/c1-3-12-14(9(2)25-21-12)15(23)24-8-13(22)20-11-6-4-10(5-7-11)16(17,18)19/h4-7H,3,8H2,1-2H3,(H,20,22). The molecule has 0 atom stereocenters. The molecule has 1 aromatic carbocycles. The molecule has 0 aliphatic rings. The maximum atomic E-state index is 12.5. The molecule has 25 heavy (non-hydrogen) atoms. The molecule has 1 amide bonds. The molecule has 6 nitrogen and oxygen atoms in total. The normalized spacial score (nSPS) is 11.2. The molecule has 0 aliphatic carbocycles. The zero-order valence-electron chi connectivity index (χ0n) is 13.4. The van der Waals surface area contributed by atoms with Crippen LogP contribution in [0, 0.1) is 6.92 Å². The zero-order valence-corrected chi connectivity index (χ0v) is 13.4. The van der Waals surface area contributed by atoms with Crippen molar-refractivity contribution in [1.29, 1.82) is 0 Å². The predicted molar refractivity (Wildman–Crippen MR) is 81.0 cm³/mol. The fourth-order valence-corrected chi connectivity index (χ4v) is 2.06. The fraction of sp³-hybridized carbons (Fsp3) is 0.312. The minimum absolute atomic E-state index is 0.157. The van der Waals surface area contributed by atoms with E-state index in [-0.39, 0.29) is 17.0 Å². The number of ether oxygens (including phenoxy) is 1. The number of carbonyl (C=O) groups is 2. The number of rotatable bonds is 5. The average Bonchev–Trinajstić information content (AvgIpc) is 2.93. The molecule has 0 unspecified atom stereocenters. The van der Waals surface area contributed by atoms with E-state index >= 15 is 0 Å². The van der Waals surface area contributed by atoms with Gasteiger partial charge in [-0.2, -0.15) is 13.2 Å². The maximum Gasteiger partial charge on any atom is 0.416 e. The monoisotopic (exact) mass is 356 g/mol. The van der Waals surface area contributed by atoms with Gasteiger partial charge in [0.2, 0.25) is 0 Å². The largest absolute Gasteiger partial charge is 0.452 e. The molecule has 0 saturated carbocycles. The average molecular weight is 356 g/mol. The number of nitrogens with zero attached hydrogens (tertiary/aromatic N) is 1. The quantitative estimate of drug-likeness (QED) is 0.831. The first-order valence-electron chi connectivity index (χ1n) is 7.31. The van der Waals surface area contributed by atoms with Crippen molar-refractivity contribution in [3.8, 4) is 0 Å². The number of aryl methyl sites for hydroxylation is 2. The van der Waals surface area contributed by atoms with Crippen molar-refractivity contribution < 1.29 is 32.0 Å². The van der Waals surface area contributed by atoms with Crippen molar-refractivity contribution in [2.45, 2.75) is 26.4 Å². The van der Waals surface area contributed by atoms with Gasteiger partial charge in [0.15, 0.2) is 6.61 Å². The fourth-order valence-electron chi connectivity index (χ4n) is 2.06. The number of amides is 1. The summed E-state index contributed by atoms with van der Waals surface area (Å²) in [5.41, 5.74) is -0.0770. The Morgan fingerprint density at radius 3 is 2.44 bits per heavy atom. The van der Waals surface area contributed by atoms with E-state index in [1.165, 1.54) is 0 Å². The first-order chi connectivity index (χ1) is 11.7. The van der Waals surface area contributed by atoms with E-state index in [4.69, 9.17) is 9.26 Å². The maximum absolute atomic E-state index is 12.5. The molecule has 0 spiro atoms. The first kappa shape index (κ1) is 18.5. The van der Waals surface area contributed by atoms with Gasteiger partial charge in [-0.1, -0.05) is 12.1 Å². The number of esters is 1. The van der Waals surface area contributed by atoms with Gasteiger partial charge in [0, 0.05) is 5.69 Å². The first-order valence-corrected chi connectivity index (χ1v) is 7.31. The Balaban J connectivity index is 1.92. The smallest absolute Gasteiger partial charge is 0.416 e. The molecular formula is C16H15F3N2O4. The second-order valence-corrected chi connectivity index (χ2v) is 5.11. The number of alkyl halides is 3. The lowest BCUT2D eigenvalue weighted by atomic mass is 10.1. The van der Waals surface area contributed by atoms with E-state index < -0.39 is 30.2 Å². The summed E-state index contributed by atoms with van der Waals surface area (Å²) >= 11 is 0. The minimum atomic E-state index is -4.45. The van der Waals surface area contributed by atoms with Crippen molar-refractivity contribution in [2.75, 3.05) is 11.9 Å². The van der Waals surface area contributed by atoms with Gasteiger partial charge < -0.3 is 14.6 Å². The highest BCUT2D eigenvalue weighted by atomic mass is 19.4. The summed E-state index contributed by atoms with van der Waals surface area (Å²) in [5, 5.41) is 6.05. The van der Waals surface area contributed by atoms with E-state index in [1.807, 2.05) is 0 Å². The molecule has 2 rings (SSSR count). The third-order valence-corrected chi connectivity index (χ3v) is 3.30. The molecule has 9 heteroatoms. The number of hydrogen-bond donors (Lipinski definition) is 1. The molecule has 1 aromatic heterocycles. The number of hydrogen-bond acceptors (Lipinski definition) is 5. The van der Waals surface area contributed by atoms with Crippen LogP contribution in [0.4, 0.5) is 18.9 Å². The van der Waals surface area contributed by atoms with Crippen molar-refractivity contribution in [2.24, 2.45) is 0 Å². The number of nitrogens with one attached hydrogen (secondary N) is 1. The van der Waals surface area contributed by atoms with Gasteiger partial charge in [0.25, 0.3) is 5.91 Å². The molecule has 0 bridgehead atoms. The van der Waals surface area contributed by atoms with E-state index in [0.29, 0.717) is 12.1 Å². The molecule has 0 saturated heterocycles. The zero-order chi connectivity index (χ0) is 18.6. The predicted octanol–water partition coefficient (Wildman–Crippen LogP) is 3.36. The topological polar surface area (TPSA) is 81.4 Å². The van der Waals surface area contributed by atoms with Crippen molar-refractivity contribution >= 4 is 17.6 Å². The van der Waals surface area contributed by atoms with Crippen molar-refractivity contribution in [1.82, 2.24) is 5.16 Å². The van der Waals surface area contributed by atoms with Crippen LogP contribution in [0.25, 0.3) is 0 Å². The van der Waals surface area contributed by atoms with E-state index in [0.717, 1.165) is 24.3 Å². The number of benzene rings is 1. The van der Waals surface area contributed by atoms with Crippen LogP contribution >= 0.6 is 0 Å². The number of carbonyl (C=O) groups excluding carboxylic acids is 2. The summed E-state index contributed by atoms with van der Waals surface area (Å²) in [6, 6.07) is 3.91. The molecule has 1 heterocycles. The summed E-state index contributed by atoms with van der Waals surface area (Å²) in [5.74, 6) is -1.15. The summed E-state index contributed by atoms with van der Waals surface area (Å²) in [7, 11) is 0. The SMILES string of the molecule is CCc1noc(C)c1C(=O)OCC(=O)Nc1ccc(C(F)(F)F)cc1. The van der Waals surface area contributed by atoms with Gasteiger partial charge in [-0.3, -0.25) is 4.79 Å². The summed E-state index contributed by atoms with van der Waals surface area (Å²) in [6.45, 7) is 2.74. The molecule has 134 valence electrons. The van der Waals surface area contributed by atoms with Crippen LogP contribution in [0.1, 0.15) is 34.3 Å². The highest BCUT2D eigenvalue weighted by Crippen LogP contribution is 2.29. The summed E-state index contributed by atoms with van der Waals surface area (Å²) < 4.78 is 47.2. The van der Waals surface area contributed by atoms with Crippen LogP contribution < -0.4 is 5.32 Å². The summed E-state index contributed by atoms with van der Waals surface area (Å²) in [4.78, 5) is 23.7. The van der Waals surface area contributed by atoms with E-state index in [2.05, 4.69) is 10.5 Å². The third kappa shape index (κ3) is 4.59. The van der Waals surface area contributed by atoms with Gasteiger partial charge >= 0.3 is 12.1 Å². The second kappa shape index (κ2) is 7.37. The molecule has 0 fully saturated rings. The van der Waals surface area contributed by atoms with Gasteiger partial charge in [-0.15, -0.1) is 0 Å². The number of halogens is 3. The molecule has 0 radical (unpaired) electrons. The Hall–Kier alpha value is -2.84. The number of aromatic nitrogens is 1. The lowest BCUT2D eigenvalue weighted by Gasteiger charge is -2.09. The van der Waals surface area contributed by atoms with Gasteiger partial charge in [0.1, 0.15) is 11.3 Å². The Morgan fingerprint density at radius 2 is 1.88 bits per heavy atom. The van der Waals surface area contributed by atoms with Crippen LogP contribution in [0.3, 0.4) is 0 Å². The van der Waals surface area contributed by atoms with Crippen LogP contribution in [-0.2, 0) is 22.1 Å². The molecule has 0 aliphatic heterocycles. The van der Waals surface area contributed by atoms with Crippen LogP contribution in [0.2, 0.25) is 0 Å². The molecular weight excluding hydrogens is 341 g/mol. The second-order valence-electron chi connectivity index (χ2n) is 5.11. The minimum Gasteiger partial charge on any atom is -0.452 e. The van der Waals surface area contributed by atoms with Crippen LogP contribution in [0.15, 0.2) is 28.8 Å². The lowest BCUT2D eigenvalue weighted by Crippen LogP contribution is -2.21. The highest BCUT2D eigenvalue weighted by Gasteiger charge is 2.30. The van der Waals surface area contributed by atoms with Gasteiger partial charge in [-0.25, -0.2) is 4.79 Å². The Bertz CT molecular complexity index is 767. The lowest BCUT2D eigenvalue weighted by molar-refractivity contribution is -0.137. The van der Waals surface area contributed by atoms with Crippen molar-refractivity contribution in [3.63, 3.8) is 0 Å². The Morgan fingerprint density at radius 1 is 1.24 bits per heavy atom. The van der Waals surface area contributed by atoms with E-state index in [1.54, 1.807) is 13.8 Å². The van der Waals surface area contributed by atoms with E-state index in [9.17, 15) is 22.8 Å². The van der Waals surface area contributed by atoms with Gasteiger partial charge in [0.05, 0.1) is 11.3 Å². The van der Waals surface area contributed by atoms with Crippen LogP contribution in [-0.4, -0.2) is 23.6 Å². The van der Waals surface area contributed by atoms with Crippen molar-refractivity contribution in [3.05, 3.63) is 46.8 Å². The highest BCUT2D eigenvalue weighted by molar-refractivity contribution is 5.96. The Kier molecular flexibility index (Phi) is 5.45. The summed E-state index contributed by atoms with van der Waals surface area (Å²) in [6.07, 6.45) is -3.99. The molecule has 2 aromatic rings.